The van der Waals surface area contributed by atoms with E-state index in [1.54, 1.807) is 4.57 Å². The van der Waals surface area contributed by atoms with E-state index in [0.717, 1.165) is 22.4 Å². The molecule has 6 heteroatoms. The quantitative estimate of drug-likeness (QED) is 0.737. The van der Waals surface area contributed by atoms with Crippen LogP contribution in [0.3, 0.4) is 0 Å². The molecule has 0 amide bonds. The molecule has 5 nitrogen and oxygen atoms in total. The van der Waals surface area contributed by atoms with Crippen molar-refractivity contribution < 1.29 is 18.8 Å². The largest absolute Gasteiger partial charge is 0.496 e. The first-order valence-electron chi connectivity index (χ1n) is 8.45. The minimum Gasteiger partial charge on any atom is -0.443 e. The van der Waals surface area contributed by atoms with Crippen molar-refractivity contribution in [2.75, 3.05) is 0 Å². The number of hydrogen-bond acceptors (Lipinski definition) is 4. The number of carbonyl (C=O) groups excluding carboxylic acids is 1. The highest BCUT2D eigenvalue weighted by molar-refractivity contribution is 6.63. The minimum atomic E-state index is -0.543. The maximum absolute atomic E-state index is 12.6. The Morgan fingerprint density at radius 2 is 1.46 bits per heavy atom. The number of ether oxygens (including phenoxy) is 1. The average molecular weight is 335 g/mol. The van der Waals surface area contributed by atoms with Crippen molar-refractivity contribution in [1.82, 2.24) is 4.57 Å². The van der Waals surface area contributed by atoms with Gasteiger partial charge in [-0.1, -0.05) is 0 Å². The number of aromatic nitrogens is 1. The van der Waals surface area contributed by atoms with Crippen molar-refractivity contribution in [2.45, 2.75) is 86.0 Å². The molecule has 1 aliphatic heterocycles. The lowest BCUT2D eigenvalue weighted by atomic mass is 9.76. The molecule has 134 valence electrons. The molecular weight excluding hydrogens is 305 g/mol. The van der Waals surface area contributed by atoms with Crippen LogP contribution in [0.4, 0.5) is 4.79 Å². The lowest BCUT2D eigenvalue weighted by Crippen LogP contribution is -2.41. The van der Waals surface area contributed by atoms with Crippen molar-refractivity contribution in [2.24, 2.45) is 0 Å². The molecule has 0 atom stereocenters. The number of rotatable bonds is 1. The third-order valence-electron chi connectivity index (χ3n) is 5.07. The normalized spacial score (nSPS) is 19.7. The molecule has 24 heavy (non-hydrogen) atoms. The minimum absolute atomic E-state index is 0.372. The van der Waals surface area contributed by atoms with Crippen molar-refractivity contribution >= 4 is 18.7 Å². The molecule has 0 saturated carbocycles. The maximum Gasteiger partial charge on any atom is 0.496 e. The van der Waals surface area contributed by atoms with Gasteiger partial charge in [0.1, 0.15) is 5.60 Å². The smallest absolute Gasteiger partial charge is 0.443 e. The fourth-order valence-electron chi connectivity index (χ4n) is 2.90. The third kappa shape index (κ3) is 3.14. The van der Waals surface area contributed by atoms with Crippen LogP contribution < -0.4 is 5.46 Å². The molecule has 2 rings (SSSR count). The molecular formula is C18H30BNO4. The van der Waals surface area contributed by atoms with Crippen LogP contribution in [-0.2, 0) is 14.0 Å². The Kier molecular flexibility index (Phi) is 4.47. The van der Waals surface area contributed by atoms with Crippen LogP contribution in [-0.4, -0.2) is 34.6 Å². The molecule has 0 N–H and O–H groups in total. The van der Waals surface area contributed by atoms with Gasteiger partial charge in [-0.05, 0) is 74.8 Å². The summed E-state index contributed by atoms with van der Waals surface area (Å²) in [5, 5.41) is 0. The fraction of sp³-hybridized carbons (Fsp3) is 0.722. The lowest BCUT2D eigenvalue weighted by Gasteiger charge is -2.32. The summed E-state index contributed by atoms with van der Waals surface area (Å²) < 4.78 is 19.5. The molecule has 0 bridgehead atoms. The van der Waals surface area contributed by atoms with Crippen LogP contribution in [0.25, 0.3) is 0 Å². The van der Waals surface area contributed by atoms with E-state index in [9.17, 15) is 4.79 Å². The SMILES string of the molecule is Cc1c(B2OC(C)(C)C(C)(C)O2)c(C)n(C(=O)OC(C)(C)C)c1C. The van der Waals surface area contributed by atoms with Crippen LogP contribution in [0.5, 0.6) is 0 Å². The zero-order chi connectivity index (χ0) is 18.7. The molecule has 1 saturated heterocycles. The van der Waals surface area contributed by atoms with Crippen LogP contribution in [0.1, 0.15) is 65.4 Å². The topological polar surface area (TPSA) is 49.7 Å². The monoisotopic (exact) mass is 335 g/mol. The zero-order valence-electron chi connectivity index (χ0n) is 16.7. The van der Waals surface area contributed by atoms with Gasteiger partial charge in [-0.25, -0.2) is 4.79 Å². The second kappa shape index (κ2) is 5.63. The molecule has 0 unspecified atom stereocenters. The molecule has 2 heterocycles. The Labute approximate surface area is 145 Å². The Bertz CT molecular complexity index is 652. The second-order valence-corrected chi connectivity index (χ2v) is 8.61. The number of hydrogen-bond donors (Lipinski definition) is 0. The van der Waals surface area contributed by atoms with Gasteiger partial charge < -0.3 is 14.0 Å². The summed E-state index contributed by atoms with van der Waals surface area (Å²) in [6.45, 7) is 19.5. The van der Waals surface area contributed by atoms with Crippen LogP contribution in [0, 0.1) is 20.8 Å². The Morgan fingerprint density at radius 1 is 1.00 bits per heavy atom. The molecule has 0 aliphatic carbocycles. The summed E-state index contributed by atoms with van der Waals surface area (Å²) in [7, 11) is -0.489. The highest BCUT2D eigenvalue weighted by atomic mass is 16.7. The van der Waals surface area contributed by atoms with Crippen LogP contribution >= 0.6 is 0 Å². The Hall–Kier alpha value is -1.27. The second-order valence-electron chi connectivity index (χ2n) is 8.61. The molecule has 1 fully saturated rings. The van der Waals surface area contributed by atoms with Crippen molar-refractivity contribution in [1.29, 1.82) is 0 Å². The maximum atomic E-state index is 12.6. The van der Waals surface area contributed by atoms with Crippen molar-refractivity contribution in [3.8, 4) is 0 Å². The van der Waals surface area contributed by atoms with E-state index in [1.165, 1.54) is 0 Å². The highest BCUT2D eigenvalue weighted by Gasteiger charge is 2.53. The molecule has 0 spiro atoms. The molecule has 1 aromatic heterocycles. The van der Waals surface area contributed by atoms with Gasteiger partial charge in [0.05, 0.1) is 11.2 Å². The first-order valence-corrected chi connectivity index (χ1v) is 8.45. The molecule has 1 aliphatic rings. The Morgan fingerprint density at radius 3 is 1.88 bits per heavy atom. The summed E-state index contributed by atoms with van der Waals surface area (Å²) in [6.07, 6.45) is -0.372. The highest BCUT2D eigenvalue weighted by Crippen LogP contribution is 2.37. The zero-order valence-corrected chi connectivity index (χ0v) is 16.7. The van der Waals surface area contributed by atoms with E-state index in [0.29, 0.717) is 0 Å². The van der Waals surface area contributed by atoms with Crippen LogP contribution in [0.2, 0.25) is 0 Å². The van der Waals surface area contributed by atoms with Gasteiger partial charge in [0, 0.05) is 16.9 Å². The van der Waals surface area contributed by atoms with E-state index in [4.69, 9.17) is 14.0 Å². The first kappa shape index (κ1) is 19.1. The van der Waals surface area contributed by atoms with Crippen molar-refractivity contribution in [3.05, 3.63) is 17.0 Å². The predicted molar refractivity (Wildman–Crippen MR) is 96.0 cm³/mol. The van der Waals surface area contributed by atoms with Gasteiger partial charge in [0.25, 0.3) is 0 Å². The van der Waals surface area contributed by atoms with Gasteiger partial charge >= 0.3 is 13.2 Å². The standard InChI is InChI=1S/C18H30BNO4/c1-11-12(2)20(15(21)22-16(4,5)6)13(3)14(11)19-23-17(7,8)18(9,10)24-19/h1-10H3. The van der Waals surface area contributed by atoms with E-state index < -0.39 is 23.9 Å². The van der Waals surface area contributed by atoms with Gasteiger partial charge in [0.2, 0.25) is 0 Å². The van der Waals surface area contributed by atoms with E-state index >= 15 is 0 Å². The third-order valence-corrected chi connectivity index (χ3v) is 5.07. The van der Waals surface area contributed by atoms with E-state index in [2.05, 4.69) is 0 Å². The number of nitrogens with zero attached hydrogens (tertiary/aromatic N) is 1. The first-order chi connectivity index (χ1) is 10.7. The van der Waals surface area contributed by atoms with Crippen LogP contribution in [0.15, 0.2) is 0 Å². The van der Waals surface area contributed by atoms with Crippen molar-refractivity contribution in [3.63, 3.8) is 0 Å². The summed E-state index contributed by atoms with van der Waals surface area (Å²) in [4.78, 5) is 12.6. The van der Waals surface area contributed by atoms with Gasteiger partial charge in [-0.15, -0.1) is 0 Å². The predicted octanol–water partition coefficient (Wildman–Crippen LogP) is 3.50. The molecule has 0 aromatic carbocycles. The van der Waals surface area contributed by atoms with E-state index in [-0.39, 0.29) is 6.09 Å². The summed E-state index contributed by atoms with van der Waals surface area (Å²) >= 11 is 0. The Balaban J connectivity index is 2.45. The lowest BCUT2D eigenvalue weighted by molar-refractivity contribution is 0.00578. The average Bonchev–Trinajstić information content (AvgIpc) is 2.68. The molecule has 0 radical (unpaired) electrons. The number of carbonyl (C=O) groups is 1. The summed E-state index contributed by atoms with van der Waals surface area (Å²) in [6, 6.07) is 0. The summed E-state index contributed by atoms with van der Waals surface area (Å²) in [5.41, 5.74) is 2.19. The van der Waals surface area contributed by atoms with E-state index in [1.807, 2.05) is 69.2 Å². The fourth-order valence-corrected chi connectivity index (χ4v) is 2.90. The molecule has 1 aromatic rings. The summed E-state index contributed by atoms with van der Waals surface area (Å²) in [5.74, 6) is 0. The van der Waals surface area contributed by atoms with Gasteiger partial charge in [0.15, 0.2) is 0 Å². The van der Waals surface area contributed by atoms with Gasteiger partial charge in [-0.3, -0.25) is 4.57 Å². The van der Waals surface area contributed by atoms with Gasteiger partial charge in [-0.2, -0.15) is 0 Å².